The maximum Gasteiger partial charge on any atom is 0.217 e. The Labute approximate surface area is 159 Å². The molecular weight excluding hydrogens is 332 g/mol. The van der Waals surface area contributed by atoms with Gasteiger partial charge in [0.05, 0.1) is 31.4 Å². The van der Waals surface area contributed by atoms with E-state index in [9.17, 15) is 8.42 Å². The molecule has 1 atom stereocenters. The quantitative estimate of drug-likeness (QED) is 0.554. The Morgan fingerprint density at radius 1 is 1.00 bits per heavy atom. The van der Waals surface area contributed by atoms with E-state index in [0.29, 0.717) is 6.42 Å². The summed E-state index contributed by atoms with van der Waals surface area (Å²) in [7, 11) is -1.06. The molecule has 0 heterocycles. The van der Waals surface area contributed by atoms with Crippen LogP contribution in [-0.4, -0.2) is 50.4 Å². The fraction of sp³-hybridized carbons (Fsp3) is 1.00. The lowest BCUT2D eigenvalue weighted by molar-refractivity contribution is -0.906. The minimum atomic E-state index is -3.32. The van der Waals surface area contributed by atoms with Crippen LogP contribution in [0.15, 0.2) is 0 Å². The van der Waals surface area contributed by atoms with E-state index in [1.54, 1.807) is 0 Å². The Morgan fingerprint density at radius 2 is 1.44 bits per heavy atom. The summed E-state index contributed by atoms with van der Waals surface area (Å²) < 4.78 is 28.6. The first-order valence-electron chi connectivity index (χ1n) is 10.0. The number of rotatable bonds is 10. The van der Waals surface area contributed by atoms with Crippen molar-refractivity contribution in [3.8, 4) is 0 Å². The molecule has 0 saturated carbocycles. The Bertz CT molecular complexity index is 447. The molecule has 0 amide bonds. The van der Waals surface area contributed by atoms with E-state index < -0.39 is 14.8 Å². The van der Waals surface area contributed by atoms with Crippen LogP contribution in [0.4, 0.5) is 0 Å². The molecule has 0 aliphatic heterocycles. The Hall–Kier alpha value is -0.130. The van der Waals surface area contributed by atoms with Gasteiger partial charge in [-0.05, 0) is 59.3 Å². The molecule has 1 N–H and O–H groups in total. The molecule has 25 heavy (non-hydrogen) atoms. The minimum absolute atomic E-state index is 0.0109. The zero-order valence-corrected chi connectivity index (χ0v) is 19.8. The van der Waals surface area contributed by atoms with E-state index in [1.807, 2.05) is 34.6 Å². The van der Waals surface area contributed by atoms with Gasteiger partial charge < -0.3 is 4.48 Å². The number of hydrogen-bond donors (Lipinski definition) is 1. The smallest absolute Gasteiger partial charge is 0.217 e. The first-order chi connectivity index (χ1) is 11.2. The van der Waals surface area contributed by atoms with E-state index in [2.05, 4.69) is 46.4 Å². The third-order valence-electron chi connectivity index (χ3n) is 4.90. The molecule has 0 aliphatic carbocycles. The van der Waals surface area contributed by atoms with Gasteiger partial charge >= 0.3 is 0 Å². The van der Waals surface area contributed by atoms with Crippen molar-refractivity contribution >= 4 is 10.0 Å². The highest BCUT2D eigenvalue weighted by Gasteiger charge is 2.38. The summed E-state index contributed by atoms with van der Waals surface area (Å²) in [5, 5.41) is 0. The summed E-state index contributed by atoms with van der Waals surface area (Å²) >= 11 is 0. The fourth-order valence-electron chi connectivity index (χ4n) is 3.17. The zero-order chi connectivity index (χ0) is 20.5. The van der Waals surface area contributed by atoms with Crippen molar-refractivity contribution in [1.82, 2.24) is 4.72 Å². The molecule has 0 bridgehead atoms. The molecule has 0 rings (SSSR count). The van der Waals surface area contributed by atoms with Crippen molar-refractivity contribution in [2.24, 2.45) is 5.41 Å². The summed E-state index contributed by atoms with van der Waals surface area (Å²) in [6, 6.07) is -0.0126. The lowest BCUT2D eigenvalue weighted by Gasteiger charge is -2.34. The van der Waals surface area contributed by atoms with Crippen LogP contribution in [0.5, 0.6) is 0 Å². The first-order valence-corrected chi connectivity index (χ1v) is 11.5. The lowest BCUT2D eigenvalue weighted by atomic mass is 9.86. The Kier molecular flexibility index (Phi) is 11.8. The van der Waals surface area contributed by atoms with Crippen molar-refractivity contribution in [1.29, 1.82) is 0 Å². The molecule has 0 saturated heterocycles. The van der Waals surface area contributed by atoms with Crippen LogP contribution in [0.2, 0.25) is 0 Å². The van der Waals surface area contributed by atoms with E-state index in [4.69, 9.17) is 0 Å². The van der Waals surface area contributed by atoms with Crippen LogP contribution in [0.3, 0.4) is 0 Å². The van der Waals surface area contributed by atoms with Gasteiger partial charge in [-0.25, -0.2) is 13.1 Å². The number of nitrogens with zero attached hydrogens (tertiary/aromatic N) is 1. The molecule has 0 aromatic rings. The summed E-state index contributed by atoms with van der Waals surface area (Å²) in [5.74, 6) is 0. The lowest BCUT2D eigenvalue weighted by Crippen LogP contribution is -2.48. The maximum absolute atomic E-state index is 12.7. The van der Waals surface area contributed by atoms with Gasteiger partial charge in [0.15, 0.2) is 0 Å². The SMILES string of the molecule is CC.CC[N+](C)(CC)CCCC(C)NS(=O)(=O)C(C)(C)CC(C)(C)C. The van der Waals surface area contributed by atoms with Gasteiger partial charge in [-0.15, -0.1) is 0 Å². The predicted octanol–water partition coefficient (Wildman–Crippen LogP) is 4.80. The zero-order valence-electron chi connectivity index (χ0n) is 19.0. The summed E-state index contributed by atoms with van der Waals surface area (Å²) in [4.78, 5) is 0. The maximum atomic E-state index is 12.7. The van der Waals surface area contributed by atoms with E-state index in [1.165, 1.54) is 0 Å². The third-order valence-corrected chi connectivity index (χ3v) is 7.21. The average molecular weight is 380 g/mol. The molecular formula is C20H47N2O2S+. The number of sulfonamides is 1. The first kappa shape index (κ1) is 27.1. The van der Waals surface area contributed by atoms with Gasteiger partial charge in [0.2, 0.25) is 10.0 Å². The van der Waals surface area contributed by atoms with E-state index >= 15 is 0 Å². The molecule has 0 aromatic carbocycles. The molecule has 0 aromatic heterocycles. The molecule has 0 spiro atoms. The Balaban J connectivity index is 0. The molecule has 154 valence electrons. The molecule has 0 fully saturated rings. The van der Waals surface area contributed by atoms with Crippen LogP contribution >= 0.6 is 0 Å². The number of quaternary nitrogens is 1. The highest BCUT2D eigenvalue weighted by Crippen LogP contribution is 2.32. The van der Waals surface area contributed by atoms with Crippen LogP contribution in [0, 0.1) is 5.41 Å². The van der Waals surface area contributed by atoms with Gasteiger partial charge in [0, 0.05) is 6.04 Å². The van der Waals surface area contributed by atoms with Crippen LogP contribution in [0.25, 0.3) is 0 Å². The highest BCUT2D eigenvalue weighted by molar-refractivity contribution is 7.90. The second kappa shape index (κ2) is 10.9. The normalized spacial score (nSPS) is 14.7. The van der Waals surface area contributed by atoms with Gasteiger partial charge in [-0.1, -0.05) is 34.6 Å². The van der Waals surface area contributed by atoms with Crippen molar-refractivity contribution in [3.05, 3.63) is 0 Å². The predicted molar refractivity (Wildman–Crippen MR) is 112 cm³/mol. The van der Waals surface area contributed by atoms with E-state index in [-0.39, 0.29) is 11.5 Å². The average Bonchev–Trinajstić information content (AvgIpc) is 2.46. The molecule has 4 nitrogen and oxygen atoms in total. The molecule has 5 heteroatoms. The second-order valence-corrected chi connectivity index (χ2v) is 11.5. The van der Waals surface area contributed by atoms with Gasteiger partial charge in [0.25, 0.3) is 0 Å². The summed E-state index contributed by atoms with van der Waals surface area (Å²) in [5.41, 5.74) is -0.0109. The Morgan fingerprint density at radius 3 is 1.80 bits per heavy atom. The monoisotopic (exact) mass is 379 g/mol. The van der Waals surface area contributed by atoms with Gasteiger partial charge in [-0.3, -0.25) is 0 Å². The number of hydrogen-bond acceptors (Lipinski definition) is 2. The van der Waals surface area contributed by atoms with Crippen molar-refractivity contribution in [2.75, 3.05) is 26.7 Å². The summed E-state index contributed by atoms with van der Waals surface area (Å²) in [6.45, 7) is 23.7. The van der Waals surface area contributed by atoms with E-state index in [0.717, 1.165) is 37.0 Å². The van der Waals surface area contributed by atoms with Gasteiger partial charge in [0.1, 0.15) is 0 Å². The van der Waals surface area contributed by atoms with Crippen molar-refractivity contribution < 1.29 is 12.9 Å². The molecule has 1 unspecified atom stereocenters. The largest absolute Gasteiger partial charge is 0.327 e. The van der Waals surface area contributed by atoms with Crippen LogP contribution in [-0.2, 0) is 10.0 Å². The highest BCUT2D eigenvalue weighted by atomic mass is 32.2. The van der Waals surface area contributed by atoms with Crippen molar-refractivity contribution in [3.63, 3.8) is 0 Å². The fourth-order valence-corrected chi connectivity index (χ4v) is 4.76. The van der Waals surface area contributed by atoms with Crippen molar-refractivity contribution in [2.45, 2.75) is 99.3 Å². The number of nitrogens with one attached hydrogen (secondary N) is 1. The molecule has 0 radical (unpaired) electrons. The summed E-state index contributed by atoms with van der Waals surface area (Å²) in [6.07, 6.45) is 2.57. The second-order valence-electron chi connectivity index (χ2n) is 9.14. The third kappa shape index (κ3) is 10.6. The van der Waals surface area contributed by atoms with Gasteiger partial charge in [-0.2, -0.15) is 0 Å². The van der Waals surface area contributed by atoms with Crippen LogP contribution < -0.4 is 4.72 Å². The topological polar surface area (TPSA) is 46.2 Å². The van der Waals surface area contributed by atoms with Crippen LogP contribution in [0.1, 0.15) is 88.5 Å². The standard InChI is InChI=1S/C18H41N2O2S.C2H6/c1-10-20(9,11-2)14-12-13-16(3)19-23(21,22)18(7,8)15-17(4,5)6;1-2/h16,19H,10-15H2,1-9H3;1-2H3/q+1;. The minimum Gasteiger partial charge on any atom is -0.327 e. The molecule has 0 aliphatic rings.